The van der Waals surface area contributed by atoms with Gasteiger partial charge in [-0.2, -0.15) is 0 Å². The molecule has 5 heteroatoms. The SMILES string of the molecule is CN=C(NCC(c1cccs1)N1CCCC1)N1CCCC1. The highest BCUT2D eigenvalue weighted by Gasteiger charge is 2.25. The van der Waals surface area contributed by atoms with Crippen molar-refractivity contribution in [3.8, 4) is 0 Å². The van der Waals surface area contributed by atoms with E-state index < -0.39 is 0 Å². The third-order valence-corrected chi connectivity index (χ3v) is 5.50. The Hall–Kier alpha value is -1.07. The second-order valence-corrected chi connectivity index (χ2v) is 6.88. The molecule has 0 aromatic carbocycles. The molecule has 116 valence electrons. The van der Waals surface area contributed by atoms with Crippen LogP contribution in [0, 0.1) is 0 Å². The van der Waals surface area contributed by atoms with Crippen LogP contribution >= 0.6 is 11.3 Å². The van der Waals surface area contributed by atoms with Gasteiger partial charge in [-0.05, 0) is 50.2 Å². The summed E-state index contributed by atoms with van der Waals surface area (Å²) in [6.45, 7) is 5.71. The van der Waals surface area contributed by atoms with Gasteiger partial charge in [0.05, 0.1) is 6.04 Å². The van der Waals surface area contributed by atoms with E-state index in [0.29, 0.717) is 6.04 Å². The minimum Gasteiger partial charge on any atom is -0.354 e. The molecule has 2 saturated heterocycles. The Morgan fingerprint density at radius 2 is 1.95 bits per heavy atom. The van der Waals surface area contributed by atoms with Crippen molar-refractivity contribution in [3.63, 3.8) is 0 Å². The third kappa shape index (κ3) is 3.58. The van der Waals surface area contributed by atoms with Crippen LogP contribution in [0.4, 0.5) is 0 Å². The van der Waals surface area contributed by atoms with E-state index in [0.717, 1.165) is 25.6 Å². The second kappa shape index (κ2) is 7.27. The van der Waals surface area contributed by atoms with E-state index in [2.05, 4.69) is 37.6 Å². The number of rotatable bonds is 4. The summed E-state index contributed by atoms with van der Waals surface area (Å²) in [6, 6.07) is 4.93. The van der Waals surface area contributed by atoms with Gasteiger partial charge in [-0.1, -0.05) is 6.07 Å². The Kier molecular flexibility index (Phi) is 5.14. The highest BCUT2D eigenvalue weighted by Crippen LogP contribution is 2.27. The highest BCUT2D eigenvalue weighted by molar-refractivity contribution is 7.10. The van der Waals surface area contributed by atoms with E-state index in [1.165, 1.54) is 43.6 Å². The van der Waals surface area contributed by atoms with Gasteiger partial charge in [-0.25, -0.2) is 0 Å². The lowest BCUT2D eigenvalue weighted by Crippen LogP contribution is -2.43. The van der Waals surface area contributed by atoms with Crippen LogP contribution < -0.4 is 5.32 Å². The zero-order valence-electron chi connectivity index (χ0n) is 12.9. The van der Waals surface area contributed by atoms with Crippen molar-refractivity contribution in [2.45, 2.75) is 31.7 Å². The summed E-state index contributed by atoms with van der Waals surface area (Å²) in [5.41, 5.74) is 0. The van der Waals surface area contributed by atoms with Gasteiger partial charge in [0.2, 0.25) is 0 Å². The summed E-state index contributed by atoms with van der Waals surface area (Å²) in [4.78, 5) is 10.9. The molecule has 1 aromatic rings. The Bertz CT molecular complexity index is 445. The van der Waals surface area contributed by atoms with Crippen molar-refractivity contribution in [2.75, 3.05) is 39.8 Å². The fourth-order valence-electron chi connectivity index (χ4n) is 3.39. The van der Waals surface area contributed by atoms with Gasteiger partial charge in [-0.3, -0.25) is 9.89 Å². The average molecular weight is 306 g/mol. The number of thiophene rings is 1. The molecule has 21 heavy (non-hydrogen) atoms. The zero-order chi connectivity index (χ0) is 14.5. The Morgan fingerprint density at radius 3 is 2.57 bits per heavy atom. The van der Waals surface area contributed by atoms with Crippen LogP contribution in [0.1, 0.15) is 36.6 Å². The molecule has 3 rings (SSSR count). The van der Waals surface area contributed by atoms with Gasteiger partial charge in [0.1, 0.15) is 0 Å². The fraction of sp³-hybridized carbons (Fsp3) is 0.688. The lowest BCUT2D eigenvalue weighted by atomic mass is 10.2. The number of aliphatic imine (C=N–C) groups is 1. The summed E-state index contributed by atoms with van der Waals surface area (Å²) in [5, 5.41) is 5.81. The van der Waals surface area contributed by atoms with Crippen molar-refractivity contribution in [3.05, 3.63) is 22.4 Å². The molecule has 2 fully saturated rings. The number of nitrogens with zero attached hydrogens (tertiary/aromatic N) is 3. The first-order chi connectivity index (χ1) is 10.4. The first kappa shape index (κ1) is 14.9. The molecule has 1 unspecified atom stereocenters. The predicted octanol–water partition coefficient (Wildman–Crippen LogP) is 2.56. The van der Waals surface area contributed by atoms with Crippen LogP contribution in [0.5, 0.6) is 0 Å². The number of hydrogen-bond donors (Lipinski definition) is 1. The summed E-state index contributed by atoms with van der Waals surface area (Å²) >= 11 is 1.87. The van der Waals surface area contributed by atoms with Crippen molar-refractivity contribution < 1.29 is 0 Å². The standard InChI is InChI=1S/C16H26N4S/c1-17-16(20-10-4-5-11-20)18-13-14(15-7-6-12-21-15)19-8-2-3-9-19/h6-7,12,14H,2-5,8-11,13H2,1H3,(H,17,18). The quantitative estimate of drug-likeness (QED) is 0.685. The minimum absolute atomic E-state index is 0.492. The molecule has 0 aliphatic carbocycles. The minimum atomic E-state index is 0.492. The van der Waals surface area contributed by atoms with E-state index in [-0.39, 0.29) is 0 Å². The van der Waals surface area contributed by atoms with Crippen LogP contribution in [0.3, 0.4) is 0 Å². The molecule has 0 bridgehead atoms. The molecular weight excluding hydrogens is 280 g/mol. The van der Waals surface area contributed by atoms with E-state index >= 15 is 0 Å². The maximum absolute atomic E-state index is 4.47. The van der Waals surface area contributed by atoms with Crippen molar-refractivity contribution in [1.82, 2.24) is 15.1 Å². The molecule has 4 nitrogen and oxygen atoms in total. The second-order valence-electron chi connectivity index (χ2n) is 5.90. The topological polar surface area (TPSA) is 30.9 Å². The van der Waals surface area contributed by atoms with Gasteiger partial charge < -0.3 is 10.2 Å². The summed E-state index contributed by atoms with van der Waals surface area (Å²) < 4.78 is 0. The maximum atomic E-state index is 4.47. The molecule has 1 N–H and O–H groups in total. The van der Waals surface area contributed by atoms with Crippen molar-refractivity contribution >= 4 is 17.3 Å². The Labute approximate surface area is 131 Å². The van der Waals surface area contributed by atoms with Gasteiger partial charge >= 0.3 is 0 Å². The van der Waals surface area contributed by atoms with E-state index in [1.54, 1.807) is 0 Å². The zero-order valence-corrected chi connectivity index (χ0v) is 13.7. The molecule has 0 amide bonds. The van der Waals surface area contributed by atoms with Gasteiger partial charge in [0.15, 0.2) is 5.96 Å². The van der Waals surface area contributed by atoms with E-state index in [1.807, 2.05) is 18.4 Å². The maximum Gasteiger partial charge on any atom is 0.193 e. The summed E-state index contributed by atoms with van der Waals surface area (Å²) in [7, 11) is 1.90. The number of guanidine groups is 1. The molecular formula is C16H26N4S. The molecule has 3 heterocycles. The third-order valence-electron chi connectivity index (χ3n) is 4.52. The largest absolute Gasteiger partial charge is 0.354 e. The van der Waals surface area contributed by atoms with Gasteiger partial charge in [0, 0.05) is 31.6 Å². The highest BCUT2D eigenvalue weighted by atomic mass is 32.1. The molecule has 2 aliphatic rings. The summed E-state index contributed by atoms with van der Waals surface area (Å²) in [5.74, 6) is 1.08. The smallest absolute Gasteiger partial charge is 0.193 e. The summed E-state index contributed by atoms with van der Waals surface area (Å²) in [6.07, 6.45) is 5.26. The van der Waals surface area contributed by atoms with Crippen molar-refractivity contribution in [1.29, 1.82) is 0 Å². The molecule has 0 spiro atoms. The normalized spacial score (nSPS) is 22.0. The van der Waals surface area contributed by atoms with Crippen LogP contribution in [0.25, 0.3) is 0 Å². The van der Waals surface area contributed by atoms with E-state index in [4.69, 9.17) is 0 Å². The Balaban J connectivity index is 1.64. The lowest BCUT2D eigenvalue weighted by molar-refractivity contribution is 0.247. The van der Waals surface area contributed by atoms with Crippen LogP contribution in [-0.4, -0.2) is 55.5 Å². The monoisotopic (exact) mass is 306 g/mol. The van der Waals surface area contributed by atoms with Crippen molar-refractivity contribution in [2.24, 2.45) is 4.99 Å². The first-order valence-corrected chi connectivity index (χ1v) is 8.99. The van der Waals surface area contributed by atoms with Crippen LogP contribution in [-0.2, 0) is 0 Å². The van der Waals surface area contributed by atoms with Crippen LogP contribution in [0.15, 0.2) is 22.5 Å². The Morgan fingerprint density at radius 1 is 1.24 bits per heavy atom. The first-order valence-electron chi connectivity index (χ1n) is 8.11. The fourth-order valence-corrected chi connectivity index (χ4v) is 4.25. The van der Waals surface area contributed by atoms with Crippen LogP contribution in [0.2, 0.25) is 0 Å². The van der Waals surface area contributed by atoms with Gasteiger partial charge in [-0.15, -0.1) is 11.3 Å². The predicted molar refractivity (Wildman–Crippen MR) is 90.0 cm³/mol. The number of likely N-dealkylation sites (tertiary alicyclic amines) is 2. The van der Waals surface area contributed by atoms with Gasteiger partial charge in [0.25, 0.3) is 0 Å². The molecule has 0 saturated carbocycles. The van der Waals surface area contributed by atoms with E-state index in [9.17, 15) is 0 Å². The molecule has 0 radical (unpaired) electrons. The molecule has 2 aliphatic heterocycles. The number of nitrogens with one attached hydrogen (secondary N) is 1. The molecule has 1 atom stereocenters. The average Bonchev–Trinajstić information content (AvgIpc) is 3.26. The number of hydrogen-bond acceptors (Lipinski definition) is 3. The lowest BCUT2D eigenvalue weighted by Gasteiger charge is -2.29. The molecule has 1 aromatic heterocycles.